The first kappa shape index (κ1) is 15.8. The molecule has 1 aliphatic rings. The van der Waals surface area contributed by atoms with Crippen molar-refractivity contribution in [1.82, 2.24) is 9.80 Å². The smallest absolute Gasteiger partial charge is 0.0902 e. The molecule has 1 saturated heterocycles. The Hall–Kier alpha value is -0.230. The highest BCUT2D eigenvalue weighted by Gasteiger charge is 2.24. The van der Waals surface area contributed by atoms with Crippen molar-refractivity contribution in [2.75, 3.05) is 39.3 Å². The Morgan fingerprint density at radius 2 is 1.94 bits per heavy atom. The van der Waals surface area contributed by atoms with Gasteiger partial charge in [0.25, 0.3) is 0 Å². The van der Waals surface area contributed by atoms with Crippen LogP contribution >= 0.6 is 12.2 Å². The quantitative estimate of drug-likeness (QED) is 0.507. The van der Waals surface area contributed by atoms with Crippen LogP contribution in [0.4, 0.5) is 0 Å². The normalized spacial score (nSPS) is 19.9. The highest BCUT2D eigenvalue weighted by atomic mass is 32.1. The zero-order valence-corrected chi connectivity index (χ0v) is 12.3. The van der Waals surface area contributed by atoms with E-state index in [1.54, 1.807) is 0 Å². The standard InChI is InChI=1S/C13H27N3OS/c1-2-5-12(13(14)18)16-9-7-15(8-10-16)6-3-4-11-17/h12,17H,2-11H2,1H3,(H2,14,18). The molecule has 3 N–H and O–H groups in total. The van der Waals surface area contributed by atoms with E-state index in [4.69, 9.17) is 23.1 Å². The molecule has 1 rings (SSSR count). The minimum atomic E-state index is 0.282. The fourth-order valence-corrected chi connectivity index (χ4v) is 2.79. The van der Waals surface area contributed by atoms with Crippen molar-refractivity contribution in [3.63, 3.8) is 0 Å². The van der Waals surface area contributed by atoms with E-state index in [-0.39, 0.29) is 6.04 Å². The van der Waals surface area contributed by atoms with Crippen LogP contribution in [0.25, 0.3) is 0 Å². The number of hydrogen-bond donors (Lipinski definition) is 2. The van der Waals surface area contributed by atoms with E-state index in [2.05, 4.69) is 16.7 Å². The largest absolute Gasteiger partial charge is 0.396 e. The van der Waals surface area contributed by atoms with Crippen LogP contribution < -0.4 is 5.73 Å². The second-order valence-electron chi connectivity index (χ2n) is 5.02. The zero-order chi connectivity index (χ0) is 13.4. The third kappa shape index (κ3) is 5.18. The number of rotatable bonds is 8. The van der Waals surface area contributed by atoms with Gasteiger partial charge in [-0.05, 0) is 25.8 Å². The molecule has 0 radical (unpaired) electrons. The van der Waals surface area contributed by atoms with Gasteiger partial charge in [-0.15, -0.1) is 0 Å². The molecule has 5 heteroatoms. The van der Waals surface area contributed by atoms with Crippen LogP contribution in [-0.4, -0.2) is 65.3 Å². The average molecular weight is 273 g/mol. The summed E-state index contributed by atoms with van der Waals surface area (Å²) in [4.78, 5) is 5.54. The molecule has 1 heterocycles. The minimum Gasteiger partial charge on any atom is -0.396 e. The first-order valence-electron chi connectivity index (χ1n) is 7.05. The molecule has 1 aliphatic heterocycles. The third-order valence-corrected chi connectivity index (χ3v) is 3.89. The lowest BCUT2D eigenvalue weighted by Gasteiger charge is -2.39. The van der Waals surface area contributed by atoms with Crippen molar-refractivity contribution in [2.45, 2.75) is 38.6 Å². The van der Waals surface area contributed by atoms with Crippen molar-refractivity contribution in [3.05, 3.63) is 0 Å². The minimum absolute atomic E-state index is 0.282. The Bertz CT molecular complexity index is 242. The summed E-state index contributed by atoms with van der Waals surface area (Å²) in [7, 11) is 0. The molecule has 0 bridgehead atoms. The van der Waals surface area contributed by atoms with E-state index in [0.29, 0.717) is 11.6 Å². The highest BCUT2D eigenvalue weighted by Crippen LogP contribution is 2.12. The number of hydrogen-bond acceptors (Lipinski definition) is 4. The molecule has 0 saturated carbocycles. The fraction of sp³-hybridized carbons (Fsp3) is 0.923. The zero-order valence-electron chi connectivity index (χ0n) is 11.5. The van der Waals surface area contributed by atoms with Gasteiger partial charge in [0.1, 0.15) is 0 Å². The number of aliphatic hydroxyl groups is 1. The SMILES string of the molecule is CCCC(C(N)=S)N1CCN(CCCCO)CC1. The average Bonchev–Trinajstić information content (AvgIpc) is 2.37. The van der Waals surface area contributed by atoms with Gasteiger partial charge in [-0.2, -0.15) is 0 Å². The number of aliphatic hydroxyl groups excluding tert-OH is 1. The van der Waals surface area contributed by atoms with Crippen LogP contribution in [0.2, 0.25) is 0 Å². The molecule has 18 heavy (non-hydrogen) atoms. The molecule has 1 unspecified atom stereocenters. The third-order valence-electron chi connectivity index (χ3n) is 3.62. The second kappa shape index (κ2) is 8.80. The molecule has 0 aromatic heterocycles. The summed E-state index contributed by atoms with van der Waals surface area (Å²) < 4.78 is 0. The first-order valence-corrected chi connectivity index (χ1v) is 7.46. The van der Waals surface area contributed by atoms with Crippen LogP contribution in [0.3, 0.4) is 0 Å². The van der Waals surface area contributed by atoms with Crippen molar-refractivity contribution >= 4 is 17.2 Å². The van der Waals surface area contributed by atoms with E-state index < -0.39 is 0 Å². The molecular formula is C13H27N3OS. The second-order valence-corrected chi connectivity index (χ2v) is 5.49. The summed E-state index contributed by atoms with van der Waals surface area (Å²) >= 11 is 5.17. The van der Waals surface area contributed by atoms with Gasteiger partial charge in [0.15, 0.2) is 0 Å². The molecule has 1 atom stereocenters. The van der Waals surface area contributed by atoms with Gasteiger partial charge >= 0.3 is 0 Å². The molecular weight excluding hydrogens is 246 g/mol. The lowest BCUT2D eigenvalue weighted by molar-refractivity contribution is 0.112. The monoisotopic (exact) mass is 273 g/mol. The van der Waals surface area contributed by atoms with Gasteiger partial charge < -0.3 is 15.7 Å². The van der Waals surface area contributed by atoms with E-state index in [1.165, 1.54) is 0 Å². The Kier molecular flexibility index (Phi) is 7.74. The maximum absolute atomic E-state index is 8.78. The van der Waals surface area contributed by atoms with Crippen LogP contribution in [0.1, 0.15) is 32.6 Å². The van der Waals surface area contributed by atoms with E-state index in [9.17, 15) is 0 Å². The number of piperazine rings is 1. The molecule has 1 fully saturated rings. The highest BCUT2D eigenvalue weighted by molar-refractivity contribution is 7.80. The maximum atomic E-state index is 8.78. The van der Waals surface area contributed by atoms with Crippen LogP contribution in [-0.2, 0) is 0 Å². The summed E-state index contributed by atoms with van der Waals surface area (Å²) in [6, 6.07) is 0.282. The van der Waals surface area contributed by atoms with Crippen molar-refractivity contribution in [3.8, 4) is 0 Å². The summed E-state index contributed by atoms with van der Waals surface area (Å²) in [5.74, 6) is 0. The predicted molar refractivity (Wildman–Crippen MR) is 79.8 cm³/mol. The summed E-state index contributed by atoms with van der Waals surface area (Å²) in [5.41, 5.74) is 5.83. The van der Waals surface area contributed by atoms with Crippen LogP contribution in [0.5, 0.6) is 0 Å². The number of nitrogens with zero attached hydrogens (tertiary/aromatic N) is 2. The molecule has 106 valence electrons. The number of nitrogens with two attached hydrogens (primary N) is 1. The van der Waals surface area contributed by atoms with Crippen molar-refractivity contribution in [1.29, 1.82) is 0 Å². The van der Waals surface area contributed by atoms with Gasteiger partial charge in [-0.3, -0.25) is 4.90 Å². The van der Waals surface area contributed by atoms with Crippen LogP contribution in [0, 0.1) is 0 Å². The fourth-order valence-electron chi connectivity index (χ4n) is 2.52. The van der Waals surface area contributed by atoms with E-state index in [0.717, 1.165) is 58.4 Å². The molecule has 0 aliphatic carbocycles. The van der Waals surface area contributed by atoms with Crippen molar-refractivity contribution < 1.29 is 5.11 Å². The number of unbranched alkanes of at least 4 members (excludes halogenated alkanes) is 1. The van der Waals surface area contributed by atoms with E-state index >= 15 is 0 Å². The predicted octanol–water partition coefficient (Wildman–Crippen LogP) is 0.831. The first-order chi connectivity index (χ1) is 8.69. The summed E-state index contributed by atoms with van der Waals surface area (Å²) in [5, 5.41) is 8.78. The lowest BCUT2D eigenvalue weighted by Crippen LogP contribution is -2.53. The maximum Gasteiger partial charge on any atom is 0.0902 e. The van der Waals surface area contributed by atoms with Gasteiger partial charge in [0.2, 0.25) is 0 Å². The molecule has 0 spiro atoms. The molecule has 0 amide bonds. The Morgan fingerprint density at radius 3 is 2.44 bits per heavy atom. The van der Waals surface area contributed by atoms with Crippen molar-refractivity contribution in [2.24, 2.45) is 5.73 Å². The molecule has 0 aromatic rings. The molecule has 0 aromatic carbocycles. The van der Waals surface area contributed by atoms with Crippen LogP contribution in [0.15, 0.2) is 0 Å². The lowest BCUT2D eigenvalue weighted by atomic mass is 10.1. The molecule has 4 nitrogen and oxygen atoms in total. The number of thiocarbonyl (C=S) groups is 1. The van der Waals surface area contributed by atoms with Gasteiger partial charge in [0.05, 0.1) is 11.0 Å². The van der Waals surface area contributed by atoms with Gasteiger partial charge in [-0.1, -0.05) is 25.6 Å². The Labute approximate surface area is 116 Å². The summed E-state index contributed by atoms with van der Waals surface area (Å²) in [6.45, 7) is 7.88. The van der Waals surface area contributed by atoms with Gasteiger partial charge in [-0.25, -0.2) is 0 Å². The Morgan fingerprint density at radius 1 is 1.28 bits per heavy atom. The van der Waals surface area contributed by atoms with Gasteiger partial charge in [0, 0.05) is 32.8 Å². The Balaban J connectivity index is 2.30. The summed E-state index contributed by atoms with van der Waals surface area (Å²) in [6.07, 6.45) is 4.19. The topological polar surface area (TPSA) is 52.7 Å². The van der Waals surface area contributed by atoms with E-state index in [1.807, 2.05) is 0 Å².